The Bertz CT molecular complexity index is 720. The highest BCUT2D eigenvalue weighted by atomic mass is 32.1. The molecular weight excluding hydrogens is 320 g/mol. The fourth-order valence-electron chi connectivity index (χ4n) is 3.11. The van der Waals surface area contributed by atoms with E-state index in [2.05, 4.69) is 41.9 Å². The summed E-state index contributed by atoms with van der Waals surface area (Å²) >= 11 is 1.43. The van der Waals surface area contributed by atoms with Crippen LogP contribution in [-0.2, 0) is 11.2 Å². The number of nitrogens with two attached hydrogens (primary N) is 1. The van der Waals surface area contributed by atoms with Crippen LogP contribution in [0.25, 0.3) is 0 Å². The molecule has 5 nitrogen and oxygen atoms in total. The first-order valence-electron chi connectivity index (χ1n) is 8.33. The lowest BCUT2D eigenvalue weighted by Gasteiger charge is -2.37. The Kier molecular flexibility index (Phi) is 5.04. The standard InChI is InChI=1S/C18H24N4OS/c1-13-4-3-5-16(14(13)2)21-8-10-22(11-9-21)17(23)7-6-15-12-24-18(19)20-15/h3-5,12H,6-11H2,1-2H3,(H2,19,20). The van der Waals surface area contributed by atoms with Gasteiger partial charge in [-0.1, -0.05) is 12.1 Å². The van der Waals surface area contributed by atoms with Crippen molar-refractivity contribution in [2.24, 2.45) is 0 Å². The van der Waals surface area contributed by atoms with Crippen LogP contribution in [0, 0.1) is 13.8 Å². The molecule has 0 saturated carbocycles. The Balaban J connectivity index is 1.53. The lowest BCUT2D eigenvalue weighted by molar-refractivity contribution is -0.131. The van der Waals surface area contributed by atoms with E-state index < -0.39 is 0 Å². The third-order valence-corrected chi connectivity index (χ3v) is 5.44. The Labute approximate surface area is 147 Å². The predicted octanol–water partition coefficient (Wildman–Crippen LogP) is 2.62. The number of rotatable bonds is 4. The molecule has 6 heteroatoms. The molecule has 1 saturated heterocycles. The molecule has 1 aromatic carbocycles. The van der Waals surface area contributed by atoms with Gasteiger partial charge in [-0.25, -0.2) is 4.98 Å². The molecule has 2 N–H and O–H groups in total. The molecule has 3 rings (SSSR count). The number of anilines is 2. The van der Waals surface area contributed by atoms with Gasteiger partial charge in [0.15, 0.2) is 5.13 Å². The van der Waals surface area contributed by atoms with E-state index in [0.717, 1.165) is 31.9 Å². The Morgan fingerprint density at radius 1 is 1.25 bits per heavy atom. The van der Waals surface area contributed by atoms with Gasteiger partial charge in [0.05, 0.1) is 5.69 Å². The van der Waals surface area contributed by atoms with Crippen LogP contribution < -0.4 is 10.6 Å². The molecule has 2 heterocycles. The maximum Gasteiger partial charge on any atom is 0.223 e. The van der Waals surface area contributed by atoms with Gasteiger partial charge >= 0.3 is 0 Å². The second-order valence-electron chi connectivity index (χ2n) is 6.26. The first kappa shape index (κ1) is 16.8. The summed E-state index contributed by atoms with van der Waals surface area (Å²) in [7, 11) is 0. The number of carbonyl (C=O) groups excluding carboxylic acids is 1. The van der Waals surface area contributed by atoms with Gasteiger partial charge in [-0.3, -0.25) is 4.79 Å². The van der Waals surface area contributed by atoms with Crippen LogP contribution in [-0.4, -0.2) is 42.0 Å². The zero-order valence-corrected chi connectivity index (χ0v) is 15.1. The summed E-state index contributed by atoms with van der Waals surface area (Å²) in [5.74, 6) is 0.210. The molecule has 0 aliphatic carbocycles. The van der Waals surface area contributed by atoms with Gasteiger partial charge in [0.25, 0.3) is 0 Å². The Morgan fingerprint density at radius 2 is 2.00 bits per heavy atom. The number of nitrogen functional groups attached to an aromatic ring is 1. The third-order valence-electron chi connectivity index (χ3n) is 4.71. The lowest BCUT2D eigenvalue weighted by atomic mass is 10.1. The zero-order valence-electron chi connectivity index (χ0n) is 14.3. The molecule has 1 aliphatic rings. The monoisotopic (exact) mass is 344 g/mol. The highest BCUT2D eigenvalue weighted by Crippen LogP contribution is 2.24. The first-order chi connectivity index (χ1) is 11.5. The number of aryl methyl sites for hydroxylation is 2. The molecule has 1 aromatic heterocycles. The molecular formula is C18H24N4OS. The van der Waals surface area contributed by atoms with Crippen LogP contribution in [0.4, 0.5) is 10.8 Å². The summed E-state index contributed by atoms with van der Waals surface area (Å²) in [6.45, 7) is 7.65. The number of benzene rings is 1. The normalized spacial score (nSPS) is 14.9. The van der Waals surface area contributed by atoms with Crippen molar-refractivity contribution >= 4 is 28.1 Å². The lowest BCUT2D eigenvalue weighted by Crippen LogP contribution is -2.49. The number of piperazine rings is 1. The predicted molar refractivity (Wildman–Crippen MR) is 99.6 cm³/mol. The van der Waals surface area contributed by atoms with Crippen LogP contribution in [0.3, 0.4) is 0 Å². The quantitative estimate of drug-likeness (QED) is 0.926. The van der Waals surface area contributed by atoms with Gasteiger partial charge in [-0.05, 0) is 37.5 Å². The third kappa shape index (κ3) is 3.70. The van der Waals surface area contributed by atoms with Crippen LogP contribution >= 0.6 is 11.3 Å². The maximum atomic E-state index is 12.4. The second-order valence-corrected chi connectivity index (χ2v) is 7.15. The average Bonchev–Trinajstić information content (AvgIpc) is 3.01. The number of aromatic nitrogens is 1. The van der Waals surface area contributed by atoms with E-state index in [9.17, 15) is 4.79 Å². The number of amides is 1. The van der Waals surface area contributed by atoms with Crippen molar-refractivity contribution in [2.75, 3.05) is 36.8 Å². The van der Waals surface area contributed by atoms with Crippen molar-refractivity contribution in [3.63, 3.8) is 0 Å². The van der Waals surface area contributed by atoms with Crippen molar-refractivity contribution in [3.8, 4) is 0 Å². The maximum absolute atomic E-state index is 12.4. The summed E-state index contributed by atoms with van der Waals surface area (Å²) in [5, 5.41) is 2.50. The molecule has 0 spiro atoms. The second kappa shape index (κ2) is 7.21. The van der Waals surface area contributed by atoms with Crippen LogP contribution in [0.1, 0.15) is 23.2 Å². The van der Waals surface area contributed by atoms with E-state index in [0.29, 0.717) is 18.0 Å². The highest BCUT2D eigenvalue weighted by molar-refractivity contribution is 7.13. The fraction of sp³-hybridized carbons (Fsp3) is 0.444. The Hall–Kier alpha value is -2.08. The number of carbonyl (C=O) groups is 1. The minimum atomic E-state index is 0.210. The van der Waals surface area contributed by atoms with Gasteiger partial charge in [-0.15, -0.1) is 11.3 Å². The van der Waals surface area contributed by atoms with E-state index in [1.807, 2.05) is 10.3 Å². The van der Waals surface area contributed by atoms with Crippen LogP contribution in [0.15, 0.2) is 23.6 Å². The highest BCUT2D eigenvalue weighted by Gasteiger charge is 2.22. The smallest absolute Gasteiger partial charge is 0.223 e. The number of nitrogens with zero attached hydrogens (tertiary/aromatic N) is 3. The fourth-order valence-corrected chi connectivity index (χ4v) is 3.70. The van der Waals surface area contributed by atoms with E-state index in [4.69, 9.17) is 5.73 Å². The van der Waals surface area contributed by atoms with Crippen molar-refractivity contribution in [1.82, 2.24) is 9.88 Å². The summed E-state index contributed by atoms with van der Waals surface area (Å²) in [6, 6.07) is 6.42. The molecule has 0 radical (unpaired) electrons. The minimum Gasteiger partial charge on any atom is -0.375 e. The summed E-state index contributed by atoms with van der Waals surface area (Å²) in [6.07, 6.45) is 1.18. The zero-order chi connectivity index (χ0) is 17.1. The number of hydrogen-bond acceptors (Lipinski definition) is 5. The van der Waals surface area contributed by atoms with E-state index in [1.165, 1.54) is 28.2 Å². The van der Waals surface area contributed by atoms with E-state index in [-0.39, 0.29) is 5.91 Å². The van der Waals surface area contributed by atoms with Gasteiger partial charge in [0, 0.05) is 43.7 Å². The molecule has 0 atom stereocenters. The van der Waals surface area contributed by atoms with Gasteiger partial charge in [0.2, 0.25) is 5.91 Å². The van der Waals surface area contributed by atoms with Gasteiger partial charge in [0.1, 0.15) is 0 Å². The molecule has 1 amide bonds. The Morgan fingerprint density at radius 3 is 2.67 bits per heavy atom. The van der Waals surface area contributed by atoms with Gasteiger partial charge in [-0.2, -0.15) is 0 Å². The van der Waals surface area contributed by atoms with Crippen LogP contribution in [0.5, 0.6) is 0 Å². The molecule has 0 bridgehead atoms. The van der Waals surface area contributed by atoms with Gasteiger partial charge < -0.3 is 15.5 Å². The SMILES string of the molecule is Cc1cccc(N2CCN(C(=O)CCc3csc(N)n3)CC2)c1C. The summed E-state index contributed by atoms with van der Waals surface area (Å²) < 4.78 is 0. The molecule has 1 fully saturated rings. The molecule has 128 valence electrons. The molecule has 24 heavy (non-hydrogen) atoms. The van der Waals surface area contributed by atoms with Crippen molar-refractivity contribution in [1.29, 1.82) is 0 Å². The minimum absolute atomic E-state index is 0.210. The van der Waals surface area contributed by atoms with Crippen molar-refractivity contribution in [2.45, 2.75) is 26.7 Å². The average molecular weight is 344 g/mol. The number of hydrogen-bond donors (Lipinski definition) is 1. The largest absolute Gasteiger partial charge is 0.375 e. The molecule has 2 aromatic rings. The van der Waals surface area contributed by atoms with Crippen molar-refractivity contribution < 1.29 is 4.79 Å². The topological polar surface area (TPSA) is 62.5 Å². The number of thiazole rings is 1. The van der Waals surface area contributed by atoms with Crippen molar-refractivity contribution in [3.05, 3.63) is 40.4 Å². The summed E-state index contributed by atoms with van der Waals surface area (Å²) in [4.78, 5) is 21.0. The molecule has 0 unspecified atom stereocenters. The van der Waals surface area contributed by atoms with Crippen LogP contribution in [0.2, 0.25) is 0 Å². The van der Waals surface area contributed by atoms with E-state index in [1.54, 1.807) is 0 Å². The first-order valence-corrected chi connectivity index (χ1v) is 9.21. The summed E-state index contributed by atoms with van der Waals surface area (Å²) in [5.41, 5.74) is 10.5. The van der Waals surface area contributed by atoms with E-state index >= 15 is 0 Å². The molecule has 1 aliphatic heterocycles.